The highest BCUT2D eigenvalue weighted by Crippen LogP contribution is 2.24. The van der Waals surface area contributed by atoms with Gasteiger partial charge >= 0.3 is 0 Å². The van der Waals surface area contributed by atoms with Crippen molar-refractivity contribution >= 4 is 29.9 Å². The van der Waals surface area contributed by atoms with Crippen LogP contribution in [-0.2, 0) is 24.4 Å². The van der Waals surface area contributed by atoms with E-state index in [1.165, 1.54) is 16.7 Å². The zero-order valence-electron chi connectivity index (χ0n) is 20.1. The molecule has 0 aromatic heterocycles. The van der Waals surface area contributed by atoms with Crippen molar-refractivity contribution in [1.29, 1.82) is 0 Å². The minimum atomic E-state index is 0. The van der Waals surface area contributed by atoms with Crippen LogP contribution in [0.4, 0.5) is 0 Å². The summed E-state index contributed by atoms with van der Waals surface area (Å²) in [5.41, 5.74) is 3.55. The van der Waals surface area contributed by atoms with Crippen LogP contribution in [0.5, 0.6) is 11.5 Å². The van der Waals surface area contributed by atoms with Crippen molar-refractivity contribution in [1.82, 2.24) is 15.5 Å². The molecule has 3 rings (SSSR count). The van der Waals surface area contributed by atoms with Gasteiger partial charge < -0.3 is 24.8 Å². The smallest absolute Gasteiger partial charge is 0.191 e. The number of aliphatic imine (C=N–C) groups is 1. The van der Waals surface area contributed by atoms with Gasteiger partial charge in [0.1, 0.15) is 11.5 Å². The van der Waals surface area contributed by atoms with Crippen LogP contribution in [0, 0.1) is 0 Å². The molecule has 0 amide bonds. The van der Waals surface area contributed by atoms with Crippen molar-refractivity contribution in [3.05, 3.63) is 59.2 Å². The molecule has 7 nitrogen and oxygen atoms in total. The first-order chi connectivity index (χ1) is 15.6. The van der Waals surface area contributed by atoms with Crippen molar-refractivity contribution < 1.29 is 14.2 Å². The Morgan fingerprint density at radius 2 is 1.67 bits per heavy atom. The molecular formula is C25H37IN4O3. The van der Waals surface area contributed by atoms with E-state index in [0.717, 1.165) is 50.1 Å². The maximum absolute atomic E-state index is 5.40. The predicted octanol–water partition coefficient (Wildman–Crippen LogP) is 3.80. The lowest BCUT2D eigenvalue weighted by Gasteiger charge is -2.19. The second-order valence-electron chi connectivity index (χ2n) is 8.03. The predicted molar refractivity (Wildman–Crippen MR) is 144 cm³/mol. The van der Waals surface area contributed by atoms with Gasteiger partial charge in [-0.1, -0.05) is 24.3 Å². The van der Waals surface area contributed by atoms with Crippen LogP contribution < -0.4 is 20.1 Å². The molecule has 2 aromatic rings. The number of methoxy groups -OCH3 is 3. The zero-order chi connectivity index (χ0) is 22.8. The largest absolute Gasteiger partial charge is 0.497 e. The Morgan fingerprint density at radius 3 is 2.27 bits per heavy atom. The number of nitrogens with zero attached hydrogens (tertiary/aromatic N) is 2. The van der Waals surface area contributed by atoms with Crippen molar-refractivity contribution in [3.8, 4) is 11.5 Å². The summed E-state index contributed by atoms with van der Waals surface area (Å²) in [6.07, 6.45) is 1.08. The molecular weight excluding hydrogens is 531 g/mol. The number of rotatable bonds is 10. The average molecular weight is 569 g/mol. The molecule has 0 radical (unpaired) electrons. The number of hydrogen-bond acceptors (Lipinski definition) is 5. The molecule has 0 aliphatic carbocycles. The van der Waals surface area contributed by atoms with Crippen LogP contribution in [0.2, 0.25) is 0 Å². The third kappa shape index (κ3) is 8.68. The van der Waals surface area contributed by atoms with Gasteiger partial charge in [0.25, 0.3) is 0 Å². The van der Waals surface area contributed by atoms with Crippen LogP contribution >= 0.6 is 24.0 Å². The standard InChI is InChI=1S/C25H36N4O3.HI/c1-5-26-25(27-15-19-6-8-20(9-7-19)18-30-2)28-22-10-11-29(17-22)16-21-12-23(31-3)14-24(13-21)32-4;/h6-9,12-14,22H,5,10-11,15-18H2,1-4H3,(H2,26,27,28);1H. The number of hydrogen-bond donors (Lipinski definition) is 2. The number of likely N-dealkylation sites (tertiary alicyclic amines) is 1. The summed E-state index contributed by atoms with van der Waals surface area (Å²) in [6, 6.07) is 14.8. The highest BCUT2D eigenvalue weighted by Gasteiger charge is 2.23. The molecule has 0 bridgehead atoms. The first-order valence-electron chi connectivity index (χ1n) is 11.2. The lowest BCUT2D eigenvalue weighted by molar-refractivity contribution is 0.185. The van der Waals surface area contributed by atoms with E-state index < -0.39 is 0 Å². The van der Waals surface area contributed by atoms with E-state index in [2.05, 4.69) is 58.9 Å². The number of ether oxygens (including phenoxy) is 3. The summed E-state index contributed by atoms with van der Waals surface area (Å²) in [7, 11) is 5.08. The Kier molecular flexibility index (Phi) is 11.8. The van der Waals surface area contributed by atoms with Gasteiger partial charge in [-0.25, -0.2) is 4.99 Å². The van der Waals surface area contributed by atoms with Gasteiger partial charge in [-0.3, -0.25) is 4.90 Å². The summed E-state index contributed by atoms with van der Waals surface area (Å²) < 4.78 is 16.0. The monoisotopic (exact) mass is 568 g/mol. The molecule has 1 aliphatic heterocycles. The number of nitrogens with one attached hydrogen (secondary N) is 2. The van der Waals surface area contributed by atoms with E-state index in [-0.39, 0.29) is 24.0 Å². The Morgan fingerprint density at radius 1 is 1.00 bits per heavy atom. The summed E-state index contributed by atoms with van der Waals surface area (Å²) in [4.78, 5) is 7.24. The maximum atomic E-state index is 5.40. The van der Waals surface area contributed by atoms with Crippen LogP contribution in [0.25, 0.3) is 0 Å². The molecule has 33 heavy (non-hydrogen) atoms. The van der Waals surface area contributed by atoms with Gasteiger partial charge in [0.2, 0.25) is 0 Å². The molecule has 1 atom stereocenters. The zero-order valence-corrected chi connectivity index (χ0v) is 22.4. The van der Waals surface area contributed by atoms with Gasteiger partial charge in [-0.15, -0.1) is 24.0 Å². The molecule has 0 spiro atoms. The van der Waals surface area contributed by atoms with Gasteiger partial charge in [0.05, 0.1) is 27.4 Å². The van der Waals surface area contributed by atoms with Gasteiger partial charge in [-0.2, -0.15) is 0 Å². The first kappa shape index (κ1) is 27.2. The summed E-state index contributed by atoms with van der Waals surface area (Å²) in [6.45, 7) is 7.07. The second kappa shape index (κ2) is 14.3. The number of halogens is 1. The Bertz CT molecular complexity index is 854. The van der Waals surface area contributed by atoms with Crippen molar-refractivity contribution in [2.24, 2.45) is 4.99 Å². The molecule has 2 N–H and O–H groups in total. The fourth-order valence-electron chi connectivity index (χ4n) is 3.90. The van der Waals surface area contributed by atoms with E-state index in [1.54, 1.807) is 21.3 Å². The van der Waals surface area contributed by atoms with E-state index in [9.17, 15) is 0 Å². The lowest BCUT2D eigenvalue weighted by atomic mass is 10.1. The van der Waals surface area contributed by atoms with E-state index >= 15 is 0 Å². The van der Waals surface area contributed by atoms with Crippen LogP contribution in [-0.4, -0.2) is 57.9 Å². The van der Waals surface area contributed by atoms with Gasteiger partial charge in [0, 0.05) is 45.4 Å². The molecule has 182 valence electrons. The molecule has 8 heteroatoms. The maximum Gasteiger partial charge on any atom is 0.191 e. The Balaban J connectivity index is 0.00000385. The molecule has 1 heterocycles. The third-order valence-electron chi connectivity index (χ3n) is 5.53. The molecule has 1 aliphatic rings. The quantitative estimate of drug-likeness (QED) is 0.258. The highest BCUT2D eigenvalue weighted by molar-refractivity contribution is 14.0. The SMILES string of the molecule is CCNC(=NCc1ccc(COC)cc1)NC1CCN(Cc2cc(OC)cc(OC)c2)C1.I. The van der Waals surface area contributed by atoms with E-state index in [1.807, 2.05) is 6.07 Å². The van der Waals surface area contributed by atoms with E-state index in [0.29, 0.717) is 19.2 Å². The summed E-state index contributed by atoms with van der Waals surface area (Å²) in [5.74, 6) is 2.51. The lowest BCUT2D eigenvalue weighted by Crippen LogP contribution is -2.44. The summed E-state index contributed by atoms with van der Waals surface area (Å²) in [5, 5.41) is 6.98. The van der Waals surface area contributed by atoms with Gasteiger partial charge in [0.15, 0.2) is 5.96 Å². The minimum Gasteiger partial charge on any atom is -0.497 e. The molecule has 0 saturated carbocycles. The topological polar surface area (TPSA) is 67.4 Å². The minimum absolute atomic E-state index is 0. The Hall–Kier alpha value is -2.04. The molecule has 2 aromatic carbocycles. The van der Waals surface area contributed by atoms with Crippen molar-refractivity contribution in [3.63, 3.8) is 0 Å². The summed E-state index contributed by atoms with van der Waals surface area (Å²) >= 11 is 0. The Labute approximate surface area is 214 Å². The van der Waals surface area contributed by atoms with Gasteiger partial charge in [-0.05, 0) is 42.2 Å². The van der Waals surface area contributed by atoms with Crippen molar-refractivity contribution in [2.45, 2.75) is 39.1 Å². The first-order valence-corrected chi connectivity index (χ1v) is 11.2. The molecule has 1 fully saturated rings. The number of guanidine groups is 1. The third-order valence-corrected chi connectivity index (χ3v) is 5.53. The fourth-order valence-corrected chi connectivity index (χ4v) is 3.90. The van der Waals surface area contributed by atoms with Crippen LogP contribution in [0.3, 0.4) is 0 Å². The van der Waals surface area contributed by atoms with Crippen LogP contribution in [0.1, 0.15) is 30.0 Å². The molecule has 1 unspecified atom stereocenters. The van der Waals surface area contributed by atoms with Crippen molar-refractivity contribution in [2.75, 3.05) is 41.0 Å². The van der Waals surface area contributed by atoms with E-state index in [4.69, 9.17) is 19.2 Å². The fraction of sp³-hybridized carbons (Fsp3) is 0.480. The van der Waals surface area contributed by atoms with Crippen LogP contribution in [0.15, 0.2) is 47.5 Å². The molecule has 1 saturated heterocycles. The highest BCUT2D eigenvalue weighted by atomic mass is 127. The second-order valence-corrected chi connectivity index (χ2v) is 8.03. The normalized spacial score (nSPS) is 16.2. The average Bonchev–Trinajstić information content (AvgIpc) is 3.25. The number of benzene rings is 2.